The van der Waals surface area contributed by atoms with Crippen LogP contribution in [0.15, 0.2) is 48.5 Å². The predicted octanol–water partition coefficient (Wildman–Crippen LogP) is 5.09. The van der Waals surface area contributed by atoms with Gasteiger partial charge in [0.25, 0.3) is 5.91 Å². The summed E-state index contributed by atoms with van der Waals surface area (Å²) in [7, 11) is 0. The molecular weight excluding hydrogens is 396 g/mol. The lowest BCUT2D eigenvalue weighted by Crippen LogP contribution is -2.45. The fraction of sp³-hybridized carbons (Fsp3) is 0.375. The molecule has 0 fully saturated rings. The van der Waals surface area contributed by atoms with Gasteiger partial charge in [0.2, 0.25) is 0 Å². The summed E-state index contributed by atoms with van der Waals surface area (Å²) < 4.78 is 6.53. The van der Waals surface area contributed by atoms with Gasteiger partial charge in [-0.05, 0) is 41.2 Å². The number of hydrogen-bond acceptors (Lipinski definition) is 5. The summed E-state index contributed by atoms with van der Waals surface area (Å²) in [5.41, 5.74) is 2.57. The number of hydrogen-bond donors (Lipinski definition) is 1. The zero-order chi connectivity index (χ0) is 21.9. The minimum atomic E-state index is -0.728. The lowest BCUT2D eigenvalue weighted by molar-refractivity contribution is -0.148. The number of fused-ring (bicyclic) bond motifs is 1. The van der Waals surface area contributed by atoms with E-state index in [-0.39, 0.29) is 23.8 Å². The second kappa shape index (κ2) is 8.96. The molecule has 0 unspecified atom stereocenters. The van der Waals surface area contributed by atoms with Gasteiger partial charge < -0.3 is 10.1 Å². The monoisotopic (exact) mass is 424 g/mol. The number of thiazole rings is 1. The molecule has 0 bridgehead atoms. The van der Waals surface area contributed by atoms with Crippen molar-refractivity contribution in [3.05, 3.63) is 64.7 Å². The van der Waals surface area contributed by atoms with Crippen LogP contribution in [0.25, 0.3) is 10.2 Å². The molecule has 2 aromatic carbocycles. The lowest BCUT2D eigenvalue weighted by Gasteiger charge is -2.21. The van der Waals surface area contributed by atoms with E-state index in [0.29, 0.717) is 5.56 Å². The van der Waals surface area contributed by atoms with Gasteiger partial charge in [0.15, 0.2) is 0 Å². The Balaban J connectivity index is 1.64. The summed E-state index contributed by atoms with van der Waals surface area (Å²) in [6, 6.07) is 14.5. The number of amides is 1. The number of aromatic nitrogens is 1. The van der Waals surface area contributed by atoms with Crippen LogP contribution in [0.1, 0.15) is 55.5 Å². The van der Waals surface area contributed by atoms with Gasteiger partial charge in [-0.15, -0.1) is 11.3 Å². The van der Waals surface area contributed by atoms with Crippen LogP contribution in [0.3, 0.4) is 0 Å². The molecule has 0 saturated carbocycles. The van der Waals surface area contributed by atoms with E-state index in [4.69, 9.17) is 4.74 Å². The molecule has 5 nitrogen and oxygen atoms in total. The van der Waals surface area contributed by atoms with Crippen LogP contribution in [0.2, 0.25) is 0 Å². The number of benzene rings is 2. The number of rotatable bonds is 6. The molecule has 6 heteroatoms. The summed E-state index contributed by atoms with van der Waals surface area (Å²) in [4.78, 5) is 29.8. The second-order valence-corrected chi connectivity index (χ2v) is 9.82. The normalized spacial score (nSPS) is 12.7. The van der Waals surface area contributed by atoms with E-state index >= 15 is 0 Å². The smallest absolute Gasteiger partial charge is 0.329 e. The Morgan fingerprint density at radius 1 is 1.07 bits per heavy atom. The first-order valence-electron chi connectivity index (χ1n) is 10.1. The van der Waals surface area contributed by atoms with Crippen LogP contribution in [-0.4, -0.2) is 22.9 Å². The average Bonchev–Trinajstić information content (AvgIpc) is 3.12. The quantitative estimate of drug-likeness (QED) is 0.560. The first-order chi connectivity index (χ1) is 14.1. The molecule has 158 valence electrons. The summed E-state index contributed by atoms with van der Waals surface area (Å²) in [6.45, 7) is 10.2. The molecular formula is C24H28N2O3S. The van der Waals surface area contributed by atoms with E-state index in [1.807, 2.05) is 50.2 Å². The van der Waals surface area contributed by atoms with E-state index in [1.54, 1.807) is 12.1 Å². The van der Waals surface area contributed by atoms with Gasteiger partial charge in [0, 0.05) is 5.56 Å². The van der Waals surface area contributed by atoms with Gasteiger partial charge >= 0.3 is 5.97 Å². The molecule has 1 aromatic heterocycles. The lowest BCUT2D eigenvalue weighted by atomic mass is 9.86. The van der Waals surface area contributed by atoms with Crippen LogP contribution in [0.4, 0.5) is 0 Å². The zero-order valence-corrected chi connectivity index (χ0v) is 18.9. The third kappa shape index (κ3) is 5.25. The highest BCUT2D eigenvalue weighted by Gasteiger charge is 2.26. The van der Waals surface area contributed by atoms with Crippen molar-refractivity contribution in [2.24, 2.45) is 5.92 Å². The van der Waals surface area contributed by atoms with Crippen LogP contribution >= 0.6 is 11.3 Å². The van der Waals surface area contributed by atoms with E-state index in [1.165, 1.54) is 11.3 Å². The molecule has 1 amide bonds. The fourth-order valence-corrected chi connectivity index (χ4v) is 3.93. The summed E-state index contributed by atoms with van der Waals surface area (Å²) in [6.07, 6.45) is 0. The number of esters is 1. The van der Waals surface area contributed by atoms with E-state index in [0.717, 1.165) is 20.8 Å². The predicted molar refractivity (Wildman–Crippen MR) is 121 cm³/mol. The number of carbonyl (C=O) groups excluding carboxylic acids is 2. The minimum absolute atomic E-state index is 0.0138. The molecule has 3 aromatic rings. The number of nitrogens with one attached hydrogen (secondary N) is 1. The maximum Gasteiger partial charge on any atom is 0.329 e. The van der Waals surface area contributed by atoms with Crippen molar-refractivity contribution in [3.8, 4) is 0 Å². The van der Waals surface area contributed by atoms with Gasteiger partial charge in [-0.3, -0.25) is 4.79 Å². The standard InChI is InChI=1S/C24H28N2O3S/c1-15(2)21(26-22(27)16-10-12-17(13-11-16)24(3,4)5)23(28)29-14-20-25-18-8-6-7-9-19(18)30-20/h6-13,15,21H,14H2,1-5H3,(H,26,27)/t21-/m0/s1. The van der Waals surface area contributed by atoms with Crippen molar-refractivity contribution < 1.29 is 14.3 Å². The first kappa shape index (κ1) is 22.0. The molecule has 3 rings (SSSR count). The van der Waals surface area contributed by atoms with Gasteiger partial charge in [-0.25, -0.2) is 9.78 Å². The van der Waals surface area contributed by atoms with E-state index in [9.17, 15) is 9.59 Å². The summed E-state index contributed by atoms with van der Waals surface area (Å²) in [5, 5.41) is 3.56. The van der Waals surface area contributed by atoms with Crippen LogP contribution < -0.4 is 5.32 Å². The van der Waals surface area contributed by atoms with Crippen LogP contribution in [0, 0.1) is 5.92 Å². The Bertz CT molecular complexity index is 1000. The van der Waals surface area contributed by atoms with Crippen molar-refractivity contribution in [2.75, 3.05) is 0 Å². The zero-order valence-electron chi connectivity index (χ0n) is 18.1. The molecule has 1 atom stereocenters. The number of ether oxygens (including phenoxy) is 1. The number of para-hydroxylation sites is 1. The topological polar surface area (TPSA) is 68.3 Å². The molecule has 0 saturated heterocycles. The van der Waals surface area contributed by atoms with Gasteiger partial charge in [0.1, 0.15) is 17.7 Å². The highest BCUT2D eigenvalue weighted by atomic mass is 32.1. The van der Waals surface area contributed by atoms with Crippen molar-refractivity contribution in [1.29, 1.82) is 0 Å². The van der Waals surface area contributed by atoms with Gasteiger partial charge in [-0.2, -0.15) is 0 Å². The molecule has 0 aliphatic rings. The SMILES string of the molecule is CC(C)[C@H](NC(=O)c1ccc(C(C)(C)C)cc1)C(=O)OCc1nc2ccccc2s1. The molecule has 30 heavy (non-hydrogen) atoms. The molecule has 1 heterocycles. The maximum absolute atomic E-state index is 12.7. The maximum atomic E-state index is 12.7. The Labute approximate surface area is 181 Å². The Morgan fingerprint density at radius 2 is 1.73 bits per heavy atom. The van der Waals surface area contributed by atoms with E-state index in [2.05, 4.69) is 31.1 Å². The van der Waals surface area contributed by atoms with Crippen molar-refractivity contribution in [3.63, 3.8) is 0 Å². The fourth-order valence-electron chi connectivity index (χ4n) is 3.05. The molecule has 0 spiro atoms. The van der Waals surface area contributed by atoms with Gasteiger partial charge in [0.05, 0.1) is 10.2 Å². The van der Waals surface area contributed by atoms with Gasteiger partial charge in [-0.1, -0.05) is 58.9 Å². The van der Waals surface area contributed by atoms with Crippen molar-refractivity contribution >= 4 is 33.4 Å². The number of nitrogens with zero attached hydrogens (tertiary/aromatic N) is 1. The van der Waals surface area contributed by atoms with Crippen molar-refractivity contribution in [2.45, 2.75) is 52.7 Å². The Morgan fingerprint density at radius 3 is 2.33 bits per heavy atom. The Hall–Kier alpha value is -2.73. The third-order valence-corrected chi connectivity index (χ3v) is 5.91. The minimum Gasteiger partial charge on any atom is -0.457 e. The first-order valence-corrected chi connectivity index (χ1v) is 10.9. The molecule has 1 N–H and O–H groups in total. The van der Waals surface area contributed by atoms with Crippen LogP contribution in [0.5, 0.6) is 0 Å². The average molecular weight is 425 g/mol. The summed E-state index contributed by atoms with van der Waals surface area (Å²) in [5.74, 6) is -0.847. The molecule has 0 aliphatic heterocycles. The molecule has 0 aliphatic carbocycles. The second-order valence-electron chi connectivity index (χ2n) is 8.71. The largest absolute Gasteiger partial charge is 0.457 e. The summed E-state index contributed by atoms with van der Waals surface area (Å²) >= 11 is 1.50. The molecule has 0 radical (unpaired) electrons. The van der Waals surface area contributed by atoms with Crippen molar-refractivity contribution in [1.82, 2.24) is 10.3 Å². The van der Waals surface area contributed by atoms with E-state index < -0.39 is 12.0 Å². The highest BCUT2D eigenvalue weighted by molar-refractivity contribution is 7.18. The highest BCUT2D eigenvalue weighted by Crippen LogP contribution is 2.23. The number of carbonyl (C=O) groups is 2. The third-order valence-electron chi connectivity index (χ3n) is 4.90. The van der Waals surface area contributed by atoms with Crippen LogP contribution in [-0.2, 0) is 21.6 Å². The Kier molecular flexibility index (Phi) is 6.56.